The van der Waals surface area contributed by atoms with Crippen molar-refractivity contribution in [2.45, 2.75) is 32.0 Å². The fourth-order valence-electron chi connectivity index (χ4n) is 3.39. The number of nitrogens with zero attached hydrogens (tertiary/aromatic N) is 4. The van der Waals surface area contributed by atoms with Gasteiger partial charge < -0.3 is 4.42 Å². The van der Waals surface area contributed by atoms with E-state index in [9.17, 15) is 17.6 Å². The molecule has 2 aromatic heterocycles. The summed E-state index contributed by atoms with van der Waals surface area (Å²) in [6.45, 7) is 0.856. The van der Waals surface area contributed by atoms with E-state index in [1.807, 2.05) is 29.1 Å². The summed E-state index contributed by atoms with van der Waals surface area (Å²) in [6.07, 6.45) is 9.86. The highest BCUT2D eigenvalue weighted by Crippen LogP contribution is 2.30. The van der Waals surface area contributed by atoms with Crippen LogP contribution in [-0.4, -0.2) is 20.0 Å². The van der Waals surface area contributed by atoms with E-state index in [2.05, 4.69) is 27.4 Å². The summed E-state index contributed by atoms with van der Waals surface area (Å²) in [5.74, 6) is -0.758. The zero-order valence-electron chi connectivity index (χ0n) is 18.6. The second kappa shape index (κ2) is 10.9. The van der Waals surface area contributed by atoms with Gasteiger partial charge in [0.2, 0.25) is 5.89 Å². The molecule has 180 valence electrons. The number of halogens is 4. The smallest absolute Gasteiger partial charge is 0.416 e. The van der Waals surface area contributed by atoms with Gasteiger partial charge in [0.05, 0.1) is 11.8 Å². The van der Waals surface area contributed by atoms with Crippen LogP contribution in [0.1, 0.15) is 46.7 Å². The van der Waals surface area contributed by atoms with E-state index >= 15 is 0 Å². The van der Waals surface area contributed by atoms with Crippen molar-refractivity contribution in [2.24, 2.45) is 0 Å². The molecule has 5 nitrogen and oxygen atoms in total. The summed E-state index contributed by atoms with van der Waals surface area (Å²) in [5, 5.41) is 7.74. The maximum Gasteiger partial charge on any atom is 0.416 e. The highest BCUT2D eigenvalue weighted by molar-refractivity contribution is 5.70. The number of aromatic nitrogens is 4. The maximum absolute atomic E-state index is 14.0. The molecule has 0 saturated carbocycles. The average molecular weight is 482 g/mol. The van der Waals surface area contributed by atoms with E-state index in [1.54, 1.807) is 12.3 Å². The Bertz CT molecular complexity index is 1290. The van der Waals surface area contributed by atoms with Crippen LogP contribution in [0.3, 0.4) is 0 Å². The summed E-state index contributed by atoms with van der Waals surface area (Å²) in [5.41, 5.74) is 1.79. The molecule has 0 N–H and O–H groups in total. The van der Waals surface area contributed by atoms with Gasteiger partial charge in [0.1, 0.15) is 17.8 Å². The van der Waals surface area contributed by atoms with Gasteiger partial charge >= 0.3 is 6.18 Å². The third-order valence-electron chi connectivity index (χ3n) is 5.27. The number of hydrogen-bond acceptors (Lipinski definition) is 4. The highest BCUT2D eigenvalue weighted by atomic mass is 19.4. The lowest BCUT2D eigenvalue weighted by Crippen LogP contribution is -2.05. The van der Waals surface area contributed by atoms with Crippen molar-refractivity contribution in [3.8, 4) is 0 Å². The first kappa shape index (κ1) is 24.1. The van der Waals surface area contributed by atoms with Crippen LogP contribution in [0.5, 0.6) is 0 Å². The molecule has 0 bridgehead atoms. The van der Waals surface area contributed by atoms with E-state index < -0.39 is 17.6 Å². The van der Waals surface area contributed by atoms with Crippen LogP contribution < -0.4 is 0 Å². The van der Waals surface area contributed by atoms with Gasteiger partial charge in [-0.2, -0.15) is 13.2 Å². The lowest BCUT2D eigenvalue weighted by atomic mass is 10.1. The van der Waals surface area contributed by atoms with Gasteiger partial charge in [-0.3, -0.25) is 4.68 Å². The number of oxazole rings is 1. The van der Waals surface area contributed by atoms with Crippen LogP contribution in [0.2, 0.25) is 0 Å². The Morgan fingerprint density at radius 2 is 1.77 bits per heavy atom. The predicted molar refractivity (Wildman–Crippen MR) is 125 cm³/mol. The molecule has 9 heteroatoms. The van der Waals surface area contributed by atoms with Gasteiger partial charge in [-0.1, -0.05) is 41.6 Å². The molecule has 35 heavy (non-hydrogen) atoms. The molecule has 4 aromatic rings. The van der Waals surface area contributed by atoms with Crippen molar-refractivity contribution in [1.82, 2.24) is 20.0 Å². The van der Waals surface area contributed by atoms with Crippen molar-refractivity contribution >= 4 is 24.3 Å². The van der Waals surface area contributed by atoms with Crippen LogP contribution in [0, 0.1) is 5.82 Å². The van der Waals surface area contributed by atoms with Crippen LogP contribution in [0.25, 0.3) is 24.3 Å². The Morgan fingerprint density at radius 3 is 2.49 bits per heavy atom. The van der Waals surface area contributed by atoms with Crippen molar-refractivity contribution in [3.05, 3.63) is 101 Å². The molecule has 0 aliphatic heterocycles. The first-order valence-electron chi connectivity index (χ1n) is 11.0. The van der Waals surface area contributed by atoms with Gasteiger partial charge in [0.15, 0.2) is 0 Å². The van der Waals surface area contributed by atoms with Crippen LogP contribution >= 0.6 is 0 Å². The molecule has 0 saturated heterocycles. The summed E-state index contributed by atoms with van der Waals surface area (Å²) in [4.78, 5) is 4.26. The molecule has 0 spiro atoms. The standard InChI is InChI=1S/C26H22F4N4O/c27-24-17-22(26(28,29)30)11-9-21(24)10-13-25-32-23(18-35-25)12-8-20-6-4-19(5-7-20)3-1-2-15-34-16-14-31-33-34/h4-14,16-18H,1-3,15H2/b12-8+,13-10+. The summed E-state index contributed by atoms with van der Waals surface area (Å²) in [7, 11) is 0. The molecule has 0 aliphatic carbocycles. The lowest BCUT2D eigenvalue weighted by Gasteiger charge is -2.07. The van der Waals surface area contributed by atoms with E-state index in [4.69, 9.17) is 4.42 Å². The molecule has 4 rings (SSSR count). The fraction of sp³-hybridized carbons (Fsp3) is 0.192. The zero-order chi connectivity index (χ0) is 24.7. The first-order chi connectivity index (χ1) is 16.9. The molecular weight excluding hydrogens is 460 g/mol. The summed E-state index contributed by atoms with van der Waals surface area (Å²) in [6, 6.07) is 10.6. The van der Waals surface area contributed by atoms with Gasteiger partial charge in [0.25, 0.3) is 0 Å². The van der Waals surface area contributed by atoms with Crippen molar-refractivity contribution in [2.75, 3.05) is 0 Å². The number of alkyl halides is 3. The maximum atomic E-state index is 14.0. The Morgan fingerprint density at radius 1 is 0.943 bits per heavy atom. The van der Waals surface area contributed by atoms with E-state index in [0.29, 0.717) is 11.8 Å². The van der Waals surface area contributed by atoms with Crippen molar-refractivity contribution in [1.29, 1.82) is 0 Å². The van der Waals surface area contributed by atoms with Gasteiger partial charge in [-0.05, 0) is 54.7 Å². The Labute approximate surface area is 199 Å². The fourth-order valence-corrected chi connectivity index (χ4v) is 3.39. The molecule has 0 amide bonds. The largest absolute Gasteiger partial charge is 0.444 e. The topological polar surface area (TPSA) is 56.7 Å². The first-order valence-corrected chi connectivity index (χ1v) is 11.0. The minimum atomic E-state index is -4.59. The average Bonchev–Trinajstić information content (AvgIpc) is 3.52. The quantitative estimate of drug-likeness (QED) is 0.195. The van der Waals surface area contributed by atoms with E-state index in [0.717, 1.165) is 43.5 Å². The van der Waals surface area contributed by atoms with Gasteiger partial charge in [0, 0.05) is 24.4 Å². The monoisotopic (exact) mass is 482 g/mol. The third-order valence-corrected chi connectivity index (χ3v) is 5.27. The number of hydrogen-bond donors (Lipinski definition) is 0. The van der Waals surface area contributed by atoms with Crippen molar-refractivity contribution < 1.29 is 22.0 Å². The number of benzene rings is 2. The van der Waals surface area contributed by atoms with E-state index in [1.165, 1.54) is 24.0 Å². The minimum absolute atomic E-state index is 0.00627. The van der Waals surface area contributed by atoms with E-state index in [-0.39, 0.29) is 11.5 Å². The predicted octanol–water partition coefficient (Wildman–Crippen LogP) is 6.79. The third kappa shape index (κ3) is 6.99. The molecule has 0 unspecified atom stereocenters. The molecule has 2 heterocycles. The lowest BCUT2D eigenvalue weighted by molar-refractivity contribution is -0.137. The second-order valence-corrected chi connectivity index (χ2v) is 7.88. The van der Waals surface area contributed by atoms with Gasteiger partial charge in [-0.15, -0.1) is 5.10 Å². The SMILES string of the molecule is Fc1cc(C(F)(F)F)ccc1/C=C/c1nc(/C=C/c2ccc(CCCCn3ccnn3)cc2)co1. The van der Waals surface area contributed by atoms with Crippen LogP contribution in [-0.2, 0) is 19.1 Å². The van der Waals surface area contributed by atoms with Crippen LogP contribution in [0.4, 0.5) is 17.6 Å². The second-order valence-electron chi connectivity index (χ2n) is 7.88. The molecule has 0 aliphatic rings. The number of aryl methyl sites for hydroxylation is 2. The zero-order valence-corrected chi connectivity index (χ0v) is 18.6. The molecule has 0 radical (unpaired) electrons. The molecule has 0 atom stereocenters. The Kier molecular flexibility index (Phi) is 7.54. The van der Waals surface area contributed by atoms with Gasteiger partial charge in [-0.25, -0.2) is 9.37 Å². The van der Waals surface area contributed by atoms with Crippen LogP contribution in [0.15, 0.2) is 65.5 Å². The number of rotatable bonds is 9. The molecule has 0 fully saturated rings. The summed E-state index contributed by atoms with van der Waals surface area (Å²) < 4.78 is 59.1. The number of unbranched alkanes of at least 4 members (excludes halogenated alkanes) is 1. The molecular formula is C26H22F4N4O. The summed E-state index contributed by atoms with van der Waals surface area (Å²) >= 11 is 0. The Hall–Kier alpha value is -4.01. The molecule has 2 aromatic carbocycles. The minimum Gasteiger partial charge on any atom is -0.444 e. The normalized spacial score (nSPS) is 12.2. The highest BCUT2D eigenvalue weighted by Gasteiger charge is 2.30. The van der Waals surface area contributed by atoms with Crippen molar-refractivity contribution in [3.63, 3.8) is 0 Å². The Balaban J connectivity index is 1.29.